The molecule has 1 atom stereocenters. The Hall–Kier alpha value is -2.73. The Balaban J connectivity index is 2.09. The van der Waals surface area contributed by atoms with Crippen molar-refractivity contribution in [3.8, 4) is 6.07 Å². The quantitative estimate of drug-likeness (QED) is 0.468. The summed E-state index contributed by atoms with van der Waals surface area (Å²) in [5.41, 5.74) is 6.93. The topological polar surface area (TPSA) is 98.1 Å². The van der Waals surface area contributed by atoms with E-state index in [9.17, 15) is 14.9 Å². The first kappa shape index (κ1) is 25.4. The zero-order valence-electron chi connectivity index (χ0n) is 17.9. The number of halogens is 4. The minimum Gasteiger partial charge on any atom is -0.463 e. The van der Waals surface area contributed by atoms with Crippen molar-refractivity contribution in [2.45, 2.75) is 12.8 Å². The van der Waals surface area contributed by atoms with E-state index in [0.717, 1.165) is 15.9 Å². The Morgan fingerprint density at radius 2 is 1.83 bits per heavy atom. The average Bonchev–Trinajstić information content (AvgIpc) is 3.12. The zero-order valence-corrected chi connectivity index (χ0v) is 21.8. The van der Waals surface area contributed by atoms with Gasteiger partial charge in [0.25, 0.3) is 5.56 Å². The molecule has 0 bridgehead atoms. The highest BCUT2D eigenvalue weighted by Gasteiger charge is 2.37. The van der Waals surface area contributed by atoms with Gasteiger partial charge in [-0.15, -0.1) is 11.3 Å². The lowest BCUT2D eigenvalue weighted by molar-refractivity contribution is -0.138. The van der Waals surface area contributed by atoms with Crippen LogP contribution in [-0.2, 0) is 9.53 Å². The normalized spacial score (nSPS) is 15.7. The van der Waals surface area contributed by atoms with E-state index in [1.165, 1.54) is 6.07 Å². The summed E-state index contributed by atoms with van der Waals surface area (Å²) in [4.78, 5) is 26.4. The number of fused-ring (bicyclic) bond motifs is 1. The largest absolute Gasteiger partial charge is 0.463 e. The van der Waals surface area contributed by atoms with Crippen LogP contribution in [0, 0.1) is 11.3 Å². The van der Waals surface area contributed by atoms with Crippen LogP contribution in [0.15, 0.2) is 46.8 Å². The number of rotatable bonds is 4. The summed E-state index contributed by atoms with van der Waals surface area (Å²) in [5.74, 6) is -1.87. The van der Waals surface area contributed by atoms with Crippen LogP contribution in [0.25, 0.3) is 17.5 Å². The predicted octanol–water partition coefficient (Wildman–Crippen LogP) is 4.51. The van der Waals surface area contributed by atoms with Crippen molar-refractivity contribution in [2.75, 3.05) is 6.61 Å². The van der Waals surface area contributed by atoms with Gasteiger partial charge in [-0.25, -0.2) is 4.79 Å². The number of benzene rings is 2. The minimum atomic E-state index is -0.964. The standard InChI is InChI=1S/C24H15Cl4N3O3S/c1-2-34-24(33)20-19(14-6-5-13(26)9-17(14)28)15(10-29)23-31(21(20)30)22(32)18(35-23)7-11-3-4-12(25)8-16(11)27/h3-9,19H,2,30H2,1H3. The third-order valence-corrected chi connectivity index (χ3v) is 7.52. The van der Waals surface area contributed by atoms with Gasteiger partial charge in [0, 0.05) is 20.1 Å². The van der Waals surface area contributed by atoms with Gasteiger partial charge in [0.05, 0.1) is 34.3 Å². The molecule has 1 unspecified atom stereocenters. The molecule has 0 amide bonds. The molecule has 2 heterocycles. The monoisotopic (exact) mass is 565 g/mol. The second-order valence-corrected chi connectivity index (χ2v) is 10.1. The van der Waals surface area contributed by atoms with Crippen LogP contribution in [-0.4, -0.2) is 17.1 Å². The van der Waals surface area contributed by atoms with Crippen LogP contribution >= 0.6 is 57.7 Å². The maximum absolute atomic E-state index is 13.4. The molecule has 3 aromatic rings. The van der Waals surface area contributed by atoms with Crippen LogP contribution in [0.2, 0.25) is 20.1 Å². The lowest BCUT2D eigenvalue weighted by atomic mass is 9.83. The van der Waals surface area contributed by atoms with E-state index in [-0.39, 0.29) is 37.8 Å². The first-order valence-electron chi connectivity index (χ1n) is 10.1. The molecule has 6 nitrogen and oxygen atoms in total. The Labute approximate surface area is 223 Å². The maximum atomic E-state index is 13.4. The average molecular weight is 567 g/mol. The Bertz CT molecular complexity index is 1630. The van der Waals surface area contributed by atoms with E-state index in [1.54, 1.807) is 43.3 Å². The van der Waals surface area contributed by atoms with Crippen molar-refractivity contribution >= 4 is 81.2 Å². The molecular formula is C24H15Cl4N3O3S. The zero-order chi connectivity index (χ0) is 25.4. The van der Waals surface area contributed by atoms with Crippen molar-refractivity contribution in [1.82, 2.24) is 4.57 Å². The molecule has 0 saturated heterocycles. The number of nitriles is 1. The lowest BCUT2D eigenvalue weighted by Gasteiger charge is -2.25. The van der Waals surface area contributed by atoms with E-state index in [4.69, 9.17) is 56.9 Å². The predicted molar refractivity (Wildman–Crippen MR) is 140 cm³/mol. The van der Waals surface area contributed by atoms with Crippen LogP contribution in [0.4, 0.5) is 0 Å². The van der Waals surface area contributed by atoms with E-state index < -0.39 is 17.4 Å². The van der Waals surface area contributed by atoms with Crippen molar-refractivity contribution < 1.29 is 9.53 Å². The molecule has 4 rings (SSSR count). The van der Waals surface area contributed by atoms with Crippen molar-refractivity contribution in [3.05, 3.63) is 92.7 Å². The minimum absolute atomic E-state index is 0.0592. The number of nitrogens with two attached hydrogens (primary N) is 1. The van der Waals surface area contributed by atoms with Crippen LogP contribution in [0.3, 0.4) is 0 Å². The molecule has 2 aromatic carbocycles. The summed E-state index contributed by atoms with van der Waals surface area (Å²) in [6.07, 6.45) is 1.58. The number of carbonyl (C=O) groups excluding carboxylic acids is 1. The number of carbonyl (C=O) groups is 1. The second kappa shape index (κ2) is 10.1. The molecule has 1 aliphatic heterocycles. The summed E-state index contributed by atoms with van der Waals surface area (Å²) < 4.78 is 6.90. The molecule has 0 spiro atoms. The number of aromatic nitrogens is 1. The molecule has 11 heteroatoms. The van der Waals surface area contributed by atoms with Gasteiger partial charge in [-0.1, -0.05) is 58.5 Å². The second-order valence-electron chi connectivity index (χ2n) is 7.37. The molecule has 1 aliphatic rings. The molecule has 0 radical (unpaired) electrons. The Kier molecular flexibility index (Phi) is 7.32. The van der Waals surface area contributed by atoms with E-state index in [1.807, 2.05) is 0 Å². The van der Waals surface area contributed by atoms with Crippen molar-refractivity contribution in [3.63, 3.8) is 0 Å². The summed E-state index contributed by atoms with van der Waals surface area (Å²) in [5, 5.41) is 11.6. The van der Waals surface area contributed by atoms with Gasteiger partial charge >= 0.3 is 5.97 Å². The molecule has 0 aliphatic carbocycles. The summed E-state index contributed by atoms with van der Waals surface area (Å²) >= 11 is 25.8. The first-order chi connectivity index (χ1) is 16.7. The summed E-state index contributed by atoms with van der Waals surface area (Å²) in [7, 11) is 0. The van der Waals surface area contributed by atoms with Crippen molar-refractivity contribution in [2.24, 2.45) is 5.73 Å². The van der Waals surface area contributed by atoms with E-state index in [2.05, 4.69) is 6.07 Å². The molecular weight excluding hydrogens is 552 g/mol. The Morgan fingerprint density at radius 1 is 1.17 bits per heavy atom. The number of hydrogen-bond donors (Lipinski definition) is 1. The smallest absolute Gasteiger partial charge is 0.338 e. The van der Waals surface area contributed by atoms with Gasteiger partial charge in [0.2, 0.25) is 0 Å². The molecule has 2 N–H and O–H groups in total. The van der Waals surface area contributed by atoms with E-state index >= 15 is 0 Å². The Morgan fingerprint density at radius 3 is 2.43 bits per heavy atom. The molecule has 178 valence electrons. The van der Waals surface area contributed by atoms with Crippen molar-refractivity contribution in [1.29, 1.82) is 5.26 Å². The number of hydrogen-bond acceptors (Lipinski definition) is 6. The number of esters is 1. The number of thiazole rings is 1. The highest BCUT2D eigenvalue weighted by Crippen LogP contribution is 2.40. The maximum Gasteiger partial charge on any atom is 0.338 e. The number of ether oxygens (including phenoxy) is 1. The molecule has 35 heavy (non-hydrogen) atoms. The van der Waals surface area contributed by atoms with Gasteiger partial charge in [0.1, 0.15) is 10.5 Å². The lowest BCUT2D eigenvalue weighted by Crippen LogP contribution is -2.40. The summed E-state index contributed by atoms with van der Waals surface area (Å²) in [6, 6.07) is 11.7. The number of nitrogens with zero attached hydrogens (tertiary/aromatic N) is 2. The SMILES string of the molecule is CCOC(=O)C1=C(N)n2c(sc(=Cc3ccc(Cl)cc3Cl)c2=O)=C(C#N)C1c1ccc(Cl)cc1Cl. The fourth-order valence-corrected chi connectivity index (χ4v) is 5.87. The molecule has 0 saturated carbocycles. The van der Waals surface area contributed by atoms with Gasteiger partial charge in [-0.3, -0.25) is 9.36 Å². The molecule has 1 aromatic heterocycles. The van der Waals surface area contributed by atoms with Crippen LogP contribution in [0.1, 0.15) is 24.0 Å². The van der Waals surface area contributed by atoms with Gasteiger partial charge in [-0.05, 0) is 48.4 Å². The summed E-state index contributed by atoms with van der Waals surface area (Å²) in [6.45, 7) is 1.71. The highest BCUT2D eigenvalue weighted by molar-refractivity contribution is 7.07. The van der Waals surface area contributed by atoms with Gasteiger partial charge in [-0.2, -0.15) is 5.26 Å². The van der Waals surface area contributed by atoms with Crippen LogP contribution < -0.4 is 20.5 Å². The first-order valence-corrected chi connectivity index (χ1v) is 12.5. The van der Waals surface area contributed by atoms with Crippen LogP contribution in [0.5, 0.6) is 0 Å². The molecule has 0 fully saturated rings. The van der Waals surface area contributed by atoms with Gasteiger partial charge < -0.3 is 10.5 Å². The fourth-order valence-electron chi connectivity index (χ4n) is 3.77. The third kappa shape index (κ3) is 4.61. The highest BCUT2D eigenvalue weighted by atomic mass is 35.5. The van der Waals surface area contributed by atoms with Gasteiger partial charge in [0.15, 0.2) is 0 Å². The third-order valence-electron chi connectivity index (χ3n) is 5.29. The fraction of sp³-hybridized carbons (Fsp3) is 0.125. The van der Waals surface area contributed by atoms with E-state index in [0.29, 0.717) is 26.2 Å².